The van der Waals surface area contributed by atoms with E-state index in [0.717, 1.165) is 17.8 Å². The second kappa shape index (κ2) is 6.49. The maximum absolute atomic E-state index is 13.1. The summed E-state index contributed by atoms with van der Waals surface area (Å²) in [4.78, 5) is 0.664. The molecule has 2 rings (SSSR count). The van der Waals surface area contributed by atoms with Crippen molar-refractivity contribution in [3.05, 3.63) is 59.4 Å². The topological polar surface area (TPSA) is 12.0 Å². The SMILES string of the molecule is CNCc1ccc(Sc2ccc(F)cc2)c(C(F)(F)F)c1. The smallest absolute Gasteiger partial charge is 0.316 e. The molecule has 0 bridgehead atoms. The molecule has 0 heterocycles. The van der Waals surface area contributed by atoms with Gasteiger partial charge in [0.2, 0.25) is 0 Å². The highest BCUT2D eigenvalue weighted by molar-refractivity contribution is 7.99. The van der Waals surface area contributed by atoms with Gasteiger partial charge in [-0.15, -0.1) is 0 Å². The van der Waals surface area contributed by atoms with Gasteiger partial charge < -0.3 is 5.32 Å². The minimum absolute atomic E-state index is 0.106. The number of hydrogen-bond donors (Lipinski definition) is 1. The zero-order valence-corrected chi connectivity index (χ0v) is 12.0. The number of alkyl halides is 3. The van der Waals surface area contributed by atoms with E-state index in [-0.39, 0.29) is 4.90 Å². The minimum Gasteiger partial charge on any atom is -0.316 e. The van der Waals surface area contributed by atoms with E-state index in [9.17, 15) is 17.6 Å². The van der Waals surface area contributed by atoms with Gasteiger partial charge in [0.1, 0.15) is 5.82 Å². The monoisotopic (exact) mass is 315 g/mol. The van der Waals surface area contributed by atoms with Crippen molar-refractivity contribution in [1.29, 1.82) is 0 Å². The van der Waals surface area contributed by atoms with Gasteiger partial charge in [-0.1, -0.05) is 17.8 Å². The van der Waals surface area contributed by atoms with Crippen molar-refractivity contribution >= 4 is 11.8 Å². The molecule has 2 aromatic carbocycles. The van der Waals surface area contributed by atoms with Gasteiger partial charge in [-0.05, 0) is 49.0 Å². The lowest BCUT2D eigenvalue weighted by Gasteiger charge is -2.14. The van der Waals surface area contributed by atoms with E-state index in [0.29, 0.717) is 17.0 Å². The highest BCUT2D eigenvalue weighted by Crippen LogP contribution is 2.40. The van der Waals surface area contributed by atoms with E-state index in [2.05, 4.69) is 5.32 Å². The summed E-state index contributed by atoms with van der Waals surface area (Å²) in [5, 5.41) is 2.82. The van der Waals surface area contributed by atoms with E-state index in [1.165, 1.54) is 30.3 Å². The van der Waals surface area contributed by atoms with Crippen LogP contribution in [0.1, 0.15) is 11.1 Å². The largest absolute Gasteiger partial charge is 0.417 e. The lowest BCUT2D eigenvalue weighted by Crippen LogP contribution is -2.10. The Morgan fingerprint density at radius 3 is 2.29 bits per heavy atom. The third-order valence-corrected chi connectivity index (χ3v) is 3.86. The van der Waals surface area contributed by atoms with Crippen LogP contribution in [0.25, 0.3) is 0 Å². The molecule has 0 radical (unpaired) electrons. The fourth-order valence-electron chi connectivity index (χ4n) is 1.83. The van der Waals surface area contributed by atoms with Crippen LogP contribution >= 0.6 is 11.8 Å². The van der Waals surface area contributed by atoms with E-state index < -0.39 is 17.6 Å². The maximum atomic E-state index is 13.1. The zero-order valence-electron chi connectivity index (χ0n) is 11.2. The first-order valence-electron chi connectivity index (χ1n) is 6.18. The fraction of sp³-hybridized carbons (Fsp3) is 0.200. The van der Waals surface area contributed by atoms with Gasteiger partial charge in [0, 0.05) is 16.3 Å². The highest BCUT2D eigenvalue weighted by atomic mass is 32.2. The van der Waals surface area contributed by atoms with Crippen molar-refractivity contribution in [2.45, 2.75) is 22.5 Å². The van der Waals surface area contributed by atoms with Crippen LogP contribution in [0.2, 0.25) is 0 Å². The van der Waals surface area contributed by atoms with E-state index >= 15 is 0 Å². The Balaban J connectivity index is 2.35. The third kappa shape index (κ3) is 4.22. The number of rotatable bonds is 4. The molecule has 0 aliphatic heterocycles. The maximum Gasteiger partial charge on any atom is 0.417 e. The molecule has 0 aromatic heterocycles. The van der Waals surface area contributed by atoms with Gasteiger partial charge >= 0.3 is 6.18 Å². The van der Waals surface area contributed by atoms with Crippen LogP contribution in [0.15, 0.2) is 52.3 Å². The first-order chi connectivity index (χ1) is 9.90. The number of hydrogen-bond acceptors (Lipinski definition) is 2. The highest BCUT2D eigenvalue weighted by Gasteiger charge is 2.33. The van der Waals surface area contributed by atoms with Crippen LogP contribution in [0.5, 0.6) is 0 Å². The molecule has 0 saturated carbocycles. The summed E-state index contributed by atoms with van der Waals surface area (Å²) in [5.41, 5.74) is -0.113. The standard InChI is InChI=1S/C15H13F4NS/c1-20-9-10-2-7-14(13(8-10)15(17,18)19)21-12-5-3-11(16)4-6-12/h2-8,20H,9H2,1H3. The molecule has 0 atom stereocenters. The quantitative estimate of drug-likeness (QED) is 0.820. The Bertz CT molecular complexity index is 608. The van der Waals surface area contributed by atoms with Crippen LogP contribution in [0.4, 0.5) is 17.6 Å². The van der Waals surface area contributed by atoms with Gasteiger partial charge in [0.15, 0.2) is 0 Å². The Labute approximate surface area is 124 Å². The van der Waals surface area contributed by atoms with Crippen molar-refractivity contribution in [2.75, 3.05) is 7.05 Å². The number of benzene rings is 2. The van der Waals surface area contributed by atoms with Crippen LogP contribution < -0.4 is 5.32 Å². The Morgan fingerprint density at radius 1 is 1.05 bits per heavy atom. The lowest BCUT2D eigenvalue weighted by atomic mass is 10.1. The van der Waals surface area contributed by atoms with Crippen LogP contribution in [-0.2, 0) is 12.7 Å². The average molecular weight is 315 g/mol. The Hall–Kier alpha value is -1.53. The summed E-state index contributed by atoms with van der Waals surface area (Å²) in [6.07, 6.45) is -4.42. The summed E-state index contributed by atoms with van der Waals surface area (Å²) < 4.78 is 52.3. The first-order valence-corrected chi connectivity index (χ1v) is 7.00. The molecule has 0 spiro atoms. The van der Waals surface area contributed by atoms with Crippen LogP contribution in [0.3, 0.4) is 0 Å². The minimum atomic E-state index is -4.42. The first kappa shape index (κ1) is 15.9. The molecular formula is C15H13F4NS. The Kier molecular flexibility index (Phi) is 4.90. The molecule has 112 valence electrons. The van der Waals surface area contributed by atoms with Crippen LogP contribution in [0, 0.1) is 5.82 Å². The molecule has 21 heavy (non-hydrogen) atoms. The zero-order chi connectivity index (χ0) is 15.5. The molecule has 1 N–H and O–H groups in total. The molecule has 0 aliphatic carbocycles. The van der Waals surface area contributed by atoms with Crippen molar-refractivity contribution in [1.82, 2.24) is 5.32 Å². The van der Waals surface area contributed by atoms with Crippen molar-refractivity contribution in [3.8, 4) is 0 Å². The molecule has 6 heteroatoms. The fourth-order valence-corrected chi connectivity index (χ4v) is 2.78. The molecule has 0 saturated heterocycles. The summed E-state index contributed by atoms with van der Waals surface area (Å²) in [6.45, 7) is 0.366. The van der Waals surface area contributed by atoms with Crippen molar-refractivity contribution in [2.24, 2.45) is 0 Å². The van der Waals surface area contributed by atoms with Crippen molar-refractivity contribution < 1.29 is 17.6 Å². The summed E-state index contributed by atoms with van der Waals surface area (Å²) >= 11 is 0.970. The number of nitrogens with one attached hydrogen (secondary N) is 1. The second-order valence-electron chi connectivity index (χ2n) is 4.41. The molecule has 1 nitrogen and oxygen atoms in total. The predicted molar refractivity (Wildman–Crippen MR) is 74.7 cm³/mol. The second-order valence-corrected chi connectivity index (χ2v) is 5.53. The van der Waals surface area contributed by atoms with Crippen LogP contribution in [-0.4, -0.2) is 7.05 Å². The van der Waals surface area contributed by atoms with E-state index in [1.54, 1.807) is 13.1 Å². The molecule has 2 aromatic rings. The average Bonchev–Trinajstić information content (AvgIpc) is 2.42. The normalized spacial score (nSPS) is 11.7. The van der Waals surface area contributed by atoms with E-state index in [1.807, 2.05) is 0 Å². The molecular weight excluding hydrogens is 302 g/mol. The van der Waals surface area contributed by atoms with Gasteiger partial charge in [0.05, 0.1) is 5.56 Å². The molecule has 0 amide bonds. The van der Waals surface area contributed by atoms with Gasteiger partial charge in [-0.25, -0.2) is 4.39 Å². The lowest BCUT2D eigenvalue weighted by molar-refractivity contribution is -0.139. The summed E-state index contributed by atoms with van der Waals surface area (Å²) in [5.74, 6) is -0.417. The summed E-state index contributed by atoms with van der Waals surface area (Å²) in [7, 11) is 1.68. The third-order valence-electron chi connectivity index (χ3n) is 2.77. The van der Waals surface area contributed by atoms with Gasteiger partial charge in [0.25, 0.3) is 0 Å². The number of halogens is 4. The molecule has 0 aliphatic rings. The van der Waals surface area contributed by atoms with Crippen molar-refractivity contribution in [3.63, 3.8) is 0 Å². The predicted octanol–water partition coefficient (Wildman–Crippen LogP) is 4.72. The molecule has 0 fully saturated rings. The van der Waals surface area contributed by atoms with Gasteiger partial charge in [-0.3, -0.25) is 0 Å². The van der Waals surface area contributed by atoms with Gasteiger partial charge in [-0.2, -0.15) is 13.2 Å². The van der Waals surface area contributed by atoms with E-state index in [4.69, 9.17) is 0 Å². The Morgan fingerprint density at radius 2 is 1.71 bits per heavy atom. The summed E-state index contributed by atoms with van der Waals surface area (Å²) in [6, 6.07) is 9.61. The molecule has 0 unspecified atom stereocenters.